The summed E-state index contributed by atoms with van der Waals surface area (Å²) in [5, 5.41) is 4.70. The van der Waals surface area contributed by atoms with Crippen LogP contribution in [-0.2, 0) is 0 Å². The molecule has 1 aromatic heterocycles. The van der Waals surface area contributed by atoms with Crippen molar-refractivity contribution in [3.05, 3.63) is 76.9 Å². The van der Waals surface area contributed by atoms with Gasteiger partial charge in [0.25, 0.3) is 0 Å². The zero-order valence-electron chi connectivity index (χ0n) is 12.7. The van der Waals surface area contributed by atoms with Crippen molar-refractivity contribution in [2.24, 2.45) is 0 Å². The molecule has 3 heteroatoms. The maximum absolute atomic E-state index is 5.40. The van der Waals surface area contributed by atoms with Crippen molar-refractivity contribution in [3.63, 3.8) is 0 Å². The molecule has 0 fully saturated rings. The maximum atomic E-state index is 5.40. The molecule has 110 valence electrons. The average molecular weight is 306 g/mol. The van der Waals surface area contributed by atoms with E-state index in [0.717, 1.165) is 16.9 Å². The molecule has 0 saturated heterocycles. The highest BCUT2D eigenvalue weighted by Gasteiger charge is 2.05. The van der Waals surface area contributed by atoms with Crippen LogP contribution < -0.4 is 0 Å². The van der Waals surface area contributed by atoms with Gasteiger partial charge in [0.15, 0.2) is 0 Å². The lowest BCUT2D eigenvalue weighted by atomic mass is 10.0. The normalized spacial score (nSPS) is 10.9. The molecule has 0 N–H and O–H groups in total. The lowest BCUT2D eigenvalue weighted by Crippen LogP contribution is -2.03. The third kappa shape index (κ3) is 3.00. The van der Waals surface area contributed by atoms with E-state index < -0.39 is 0 Å². The number of aromatic nitrogens is 2. The molecular weight excluding hydrogens is 288 g/mol. The molecule has 3 rings (SSSR count). The van der Waals surface area contributed by atoms with Gasteiger partial charge in [-0.25, -0.2) is 4.68 Å². The Kier molecular flexibility index (Phi) is 4.16. The fraction of sp³-hybridized carbons (Fsp3) is 0.158. The Balaban J connectivity index is 2.04. The largest absolute Gasteiger partial charge is 0.222 e. The summed E-state index contributed by atoms with van der Waals surface area (Å²) in [6.07, 6.45) is 0. The topological polar surface area (TPSA) is 17.8 Å². The summed E-state index contributed by atoms with van der Waals surface area (Å²) in [7, 11) is 0. The smallest absolute Gasteiger partial charge is 0.128 e. The maximum Gasteiger partial charge on any atom is 0.128 e. The van der Waals surface area contributed by atoms with Crippen LogP contribution in [0.4, 0.5) is 0 Å². The second kappa shape index (κ2) is 6.24. The Morgan fingerprint density at radius 2 is 1.55 bits per heavy atom. The van der Waals surface area contributed by atoms with Gasteiger partial charge in [-0.15, -0.1) is 0 Å². The number of benzene rings is 2. The quantitative estimate of drug-likeness (QED) is 0.604. The standard InChI is InChI=1S/C19H18N2S/c1-14(2)15-8-10-16(11-9-15)18-12-13-19(22)21(20-18)17-6-4-3-5-7-17/h3-14H,1-2H3. The molecular formula is C19H18N2S. The van der Waals surface area contributed by atoms with Crippen molar-refractivity contribution < 1.29 is 0 Å². The van der Waals surface area contributed by atoms with Gasteiger partial charge in [0.1, 0.15) is 4.64 Å². The van der Waals surface area contributed by atoms with Crippen LogP contribution in [0.2, 0.25) is 0 Å². The van der Waals surface area contributed by atoms with E-state index in [1.54, 1.807) is 4.68 Å². The van der Waals surface area contributed by atoms with Crippen molar-refractivity contribution in [2.75, 3.05) is 0 Å². The lowest BCUT2D eigenvalue weighted by Gasteiger charge is -2.10. The van der Waals surface area contributed by atoms with E-state index in [9.17, 15) is 0 Å². The molecule has 0 amide bonds. The molecule has 0 aliphatic carbocycles. The van der Waals surface area contributed by atoms with Gasteiger partial charge in [-0.05, 0) is 35.7 Å². The van der Waals surface area contributed by atoms with Crippen molar-refractivity contribution in [1.29, 1.82) is 0 Å². The Labute approximate surface area is 136 Å². The summed E-state index contributed by atoms with van der Waals surface area (Å²) >= 11 is 5.40. The number of nitrogens with zero attached hydrogens (tertiary/aromatic N) is 2. The molecule has 0 aliphatic heterocycles. The van der Waals surface area contributed by atoms with Gasteiger partial charge < -0.3 is 0 Å². The van der Waals surface area contributed by atoms with E-state index in [4.69, 9.17) is 17.3 Å². The van der Waals surface area contributed by atoms with E-state index in [0.29, 0.717) is 10.6 Å². The summed E-state index contributed by atoms with van der Waals surface area (Å²) in [6, 6.07) is 22.5. The lowest BCUT2D eigenvalue weighted by molar-refractivity contribution is 0.834. The van der Waals surface area contributed by atoms with Crippen molar-refractivity contribution in [2.45, 2.75) is 19.8 Å². The number of hydrogen-bond donors (Lipinski definition) is 0. The zero-order chi connectivity index (χ0) is 15.5. The van der Waals surface area contributed by atoms with E-state index in [2.05, 4.69) is 38.1 Å². The highest BCUT2D eigenvalue weighted by molar-refractivity contribution is 7.71. The molecule has 0 saturated carbocycles. The van der Waals surface area contributed by atoms with Crippen molar-refractivity contribution in [3.8, 4) is 16.9 Å². The minimum Gasteiger partial charge on any atom is -0.222 e. The SMILES string of the molecule is CC(C)c1ccc(-c2ccc(=S)n(-c3ccccc3)n2)cc1. The van der Waals surface area contributed by atoms with Crippen LogP contribution >= 0.6 is 12.2 Å². The summed E-state index contributed by atoms with van der Waals surface area (Å²) in [6.45, 7) is 4.39. The van der Waals surface area contributed by atoms with Gasteiger partial charge in [-0.1, -0.05) is 68.5 Å². The van der Waals surface area contributed by atoms with Gasteiger partial charge in [0.05, 0.1) is 11.4 Å². The van der Waals surface area contributed by atoms with Crippen LogP contribution in [0, 0.1) is 4.64 Å². The summed E-state index contributed by atoms with van der Waals surface area (Å²) in [4.78, 5) is 0. The van der Waals surface area contributed by atoms with E-state index in [1.807, 2.05) is 42.5 Å². The molecule has 0 bridgehead atoms. The predicted molar refractivity (Wildman–Crippen MR) is 93.9 cm³/mol. The molecule has 0 atom stereocenters. The van der Waals surface area contributed by atoms with Gasteiger partial charge in [0, 0.05) is 5.56 Å². The predicted octanol–water partition coefficient (Wildman–Crippen LogP) is 5.39. The van der Waals surface area contributed by atoms with Crippen LogP contribution in [-0.4, -0.2) is 9.78 Å². The van der Waals surface area contributed by atoms with Gasteiger partial charge in [-0.3, -0.25) is 0 Å². The van der Waals surface area contributed by atoms with Gasteiger partial charge in [-0.2, -0.15) is 5.10 Å². The highest BCUT2D eigenvalue weighted by Crippen LogP contribution is 2.21. The van der Waals surface area contributed by atoms with Crippen LogP contribution in [0.5, 0.6) is 0 Å². The minimum atomic E-state index is 0.534. The van der Waals surface area contributed by atoms with Crippen LogP contribution in [0.25, 0.3) is 16.9 Å². The zero-order valence-corrected chi connectivity index (χ0v) is 13.5. The molecule has 3 aromatic rings. The Bertz CT molecular complexity index is 818. The molecule has 2 aromatic carbocycles. The Hall–Kier alpha value is -2.26. The van der Waals surface area contributed by atoms with E-state index >= 15 is 0 Å². The first-order valence-electron chi connectivity index (χ1n) is 7.41. The molecule has 0 radical (unpaired) electrons. The fourth-order valence-corrected chi connectivity index (χ4v) is 2.57. The number of rotatable bonds is 3. The summed E-state index contributed by atoms with van der Waals surface area (Å²) in [5.41, 5.74) is 4.34. The molecule has 0 spiro atoms. The van der Waals surface area contributed by atoms with Crippen LogP contribution in [0.1, 0.15) is 25.3 Å². The third-order valence-electron chi connectivity index (χ3n) is 3.67. The molecule has 0 aliphatic rings. The van der Waals surface area contributed by atoms with Crippen molar-refractivity contribution >= 4 is 12.2 Å². The van der Waals surface area contributed by atoms with E-state index in [1.165, 1.54) is 5.56 Å². The fourth-order valence-electron chi connectivity index (χ4n) is 2.36. The van der Waals surface area contributed by atoms with Crippen LogP contribution in [0.3, 0.4) is 0 Å². The molecule has 0 unspecified atom stereocenters. The first kappa shape index (κ1) is 14.7. The first-order valence-corrected chi connectivity index (χ1v) is 7.82. The van der Waals surface area contributed by atoms with E-state index in [-0.39, 0.29) is 0 Å². The number of para-hydroxylation sites is 1. The minimum absolute atomic E-state index is 0.534. The first-order chi connectivity index (χ1) is 10.6. The van der Waals surface area contributed by atoms with Crippen LogP contribution in [0.15, 0.2) is 66.7 Å². The molecule has 22 heavy (non-hydrogen) atoms. The average Bonchev–Trinajstić information content (AvgIpc) is 2.56. The molecule has 1 heterocycles. The summed E-state index contributed by atoms with van der Waals surface area (Å²) < 4.78 is 2.51. The Morgan fingerprint density at radius 3 is 2.18 bits per heavy atom. The third-order valence-corrected chi connectivity index (χ3v) is 3.98. The molecule has 2 nitrogen and oxygen atoms in total. The van der Waals surface area contributed by atoms with Gasteiger partial charge in [0.2, 0.25) is 0 Å². The second-order valence-electron chi connectivity index (χ2n) is 5.58. The summed E-state index contributed by atoms with van der Waals surface area (Å²) in [5.74, 6) is 0.534. The highest BCUT2D eigenvalue weighted by atomic mass is 32.1. The second-order valence-corrected chi connectivity index (χ2v) is 6.00. The van der Waals surface area contributed by atoms with Crippen molar-refractivity contribution in [1.82, 2.24) is 9.78 Å². The monoisotopic (exact) mass is 306 g/mol. The van der Waals surface area contributed by atoms with Gasteiger partial charge >= 0.3 is 0 Å². The Morgan fingerprint density at radius 1 is 0.864 bits per heavy atom. The number of hydrogen-bond acceptors (Lipinski definition) is 2.